The predicted molar refractivity (Wildman–Crippen MR) is 128 cm³/mol. The number of amides is 1. The van der Waals surface area contributed by atoms with E-state index in [1.807, 2.05) is 34.7 Å². The minimum Gasteiger partial charge on any atom is -0.478 e. The number of carbonyl (C=O) groups excluding carboxylic acids is 1. The van der Waals surface area contributed by atoms with Crippen molar-refractivity contribution in [2.24, 2.45) is 11.5 Å². The van der Waals surface area contributed by atoms with Crippen molar-refractivity contribution in [3.05, 3.63) is 84.1 Å². The van der Waals surface area contributed by atoms with Crippen LogP contribution in [0.1, 0.15) is 42.1 Å². The summed E-state index contributed by atoms with van der Waals surface area (Å²) in [5, 5.41) is 9.34. The Kier molecular flexibility index (Phi) is 5.98. The molecule has 5 rings (SSSR count). The average molecular weight is 443 g/mol. The molecule has 1 amide bonds. The topological polar surface area (TPSA) is 124 Å². The van der Waals surface area contributed by atoms with Crippen molar-refractivity contribution in [1.29, 1.82) is 0 Å². The molecule has 0 bridgehead atoms. The van der Waals surface area contributed by atoms with E-state index in [1.165, 1.54) is 13.3 Å². The fourth-order valence-corrected chi connectivity index (χ4v) is 4.06. The van der Waals surface area contributed by atoms with Gasteiger partial charge in [0, 0.05) is 29.8 Å². The molecule has 0 atom stereocenters. The van der Waals surface area contributed by atoms with Crippen LogP contribution in [-0.4, -0.2) is 26.4 Å². The van der Waals surface area contributed by atoms with Gasteiger partial charge in [-0.15, -0.1) is 0 Å². The summed E-state index contributed by atoms with van der Waals surface area (Å²) >= 11 is 0. The lowest BCUT2D eigenvalue weighted by Gasteiger charge is -2.38. The third kappa shape index (κ3) is 4.49. The van der Waals surface area contributed by atoms with Crippen molar-refractivity contribution in [3.8, 4) is 22.5 Å². The lowest BCUT2D eigenvalue weighted by Crippen LogP contribution is -2.43. The Morgan fingerprint density at radius 2 is 1.64 bits per heavy atom. The van der Waals surface area contributed by atoms with Gasteiger partial charge in [0.25, 0.3) is 0 Å². The first-order valence-electron chi connectivity index (χ1n) is 10.8. The number of benzene rings is 2. The molecule has 0 unspecified atom stereocenters. The highest BCUT2D eigenvalue weighted by molar-refractivity contribution is 5.90. The summed E-state index contributed by atoms with van der Waals surface area (Å²) in [6.07, 6.45) is 4.99. The van der Waals surface area contributed by atoms with Crippen molar-refractivity contribution < 1.29 is 14.7 Å². The number of carbonyl (C=O) groups is 2. The Morgan fingerprint density at radius 3 is 2.18 bits per heavy atom. The van der Waals surface area contributed by atoms with E-state index in [4.69, 9.17) is 10.7 Å². The Bertz CT molecular complexity index is 1300. The summed E-state index contributed by atoms with van der Waals surface area (Å²) in [5.41, 5.74) is 16.5. The second-order valence-corrected chi connectivity index (χ2v) is 8.32. The zero-order valence-corrected chi connectivity index (χ0v) is 18.4. The SMILES string of the molecule is CC(N)=O.NC1(c2ccc(-c3nc4cc(C(=O)O)ccn4c3-c3ccccc3)cc2)CCC1. The van der Waals surface area contributed by atoms with Crippen LogP contribution in [0.4, 0.5) is 0 Å². The summed E-state index contributed by atoms with van der Waals surface area (Å²) in [6, 6.07) is 21.6. The zero-order valence-electron chi connectivity index (χ0n) is 18.4. The molecule has 0 radical (unpaired) electrons. The van der Waals surface area contributed by atoms with Gasteiger partial charge in [-0.2, -0.15) is 0 Å². The van der Waals surface area contributed by atoms with Crippen molar-refractivity contribution in [3.63, 3.8) is 0 Å². The maximum Gasteiger partial charge on any atom is 0.335 e. The number of hydrogen-bond acceptors (Lipinski definition) is 4. The number of carboxylic acid groups (broad SMARTS) is 1. The van der Waals surface area contributed by atoms with Gasteiger partial charge >= 0.3 is 5.97 Å². The molecule has 7 nitrogen and oxygen atoms in total. The summed E-state index contributed by atoms with van der Waals surface area (Å²) in [5.74, 6) is -1.29. The van der Waals surface area contributed by atoms with Crippen LogP contribution in [0.2, 0.25) is 0 Å². The Labute approximate surface area is 191 Å². The van der Waals surface area contributed by atoms with E-state index >= 15 is 0 Å². The number of imidazole rings is 1. The van der Waals surface area contributed by atoms with Gasteiger partial charge < -0.3 is 16.6 Å². The first-order chi connectivity index (χ1) is 15.8. The van der Waals surface area contributed by atoms with Gasteiger partial charge in [-0.3, -0.25) is 9.20 Å². The monoisotopic (exact) mass is 442 g/mol. The molecule has 7 heteroatoms. The molecule has 1 saturated carbocycles. The highest BCUT2D eigenvalue weighted by atomic mass is 16.4. The molecular weight excluding hydrogens is 416 g/mol. The molecule has 4 aromatic rings. The van der Waals surface area contributed by atoms with Crippen LogP contribution < -0.4 is 11.5 Å². The second kappa shape index (κ2) is 8.88. The molecule has 168 valence electrons. The number of carboxylic acids is 1. The lowest BCUT2D eigenvalue weighted by atomic mass is 9.72. The molecular formula is C26H26N4O3. The van der Waals surface area contributed by atoms with Gasteiger partial charge in [0.05, 0.1) is 17.0 Å². The van der Waals surface area contributed by atoms with E-state index in [1.54, 1.807) is 18.3 Å². The number of primary amides is 1. The molecule has 5 N–H and O–H groups in total. The molecule has 1 fully saturated rings. The van der Waals surface area contributed by atoms with Crippen LogP contribution in [0.25, 0.3) is 28.2 Å². The minimum atomic E-state index is -0.962. The molecule has 1 aliphatic carbocycles. The Balaban J connectivity index is 0.000000601. The van der Waals surface area contributed by atoms with Gasteiger partial charge in [0.15, 0.2) is 0 Å². The van der Waals surface area contributed by atoms with Crippen molar-refractivity contribution in [1.82, 2.24) is 9.38 Å². The fraction of sp³-hybridized carbons (Fsp3) is 0.192. The molecule has 33 heavy (non-hydrogen) atoms. The average Bonchev–Trinajstić information content (AvgIpc) is 3.16. The quantitative estimate of drug-likeness (QED) is 0.437. The van der Waals surface area contributed by atoms with E-state index < -0.39 is 5.97 Å². The molecule has 2 heterocycles. The van der Waals surface area contributed by atoms with E-state index in [9.17, 15) is 14.7 Å². The smallest absolute Gasteiger partial charge is 0.335 e. The number of nitrogens with zero attached hydrogens (tertiary/aromatic N) is 2. The summed E-state index contributed by atoms with van der Waals surface area (Å²) in [6.45, 7) is 1.31. The first-order valence-corrected chi connectivity index (χ1v) is 10.8. The van der Waals surface area contributed by atoms with Crippen LogP contribution in [-0.2, 0) is 10.3 Å². The van der Waals surface area contributed by atoms with Crippen molar-refractivity contribution in [2.45, 2.75) is 31.7 Å². The van der Waals surface area contributed by atoms with E-state index in [0.717, 1.165) is 40.9 Å². The number of rotatable bonds is 4. The second-order valence-electron chi connectivity index (χ2n) is 8.32. The van der Waals surface area contributed by atoms with Gasteiger partial charge in [-0.1, -0.05) is 54.6 Å². The lowest BCUT2D eigenvalue weighted by molar-refractivity contribution is -0.115. The molecule has 2 aromatic carbocycles. The number of pyridine rings is 1. The van der Waals surface area contributed by atoms with Crippen LogP contribution >= 0.6 is 0 Å². The number of hydrogen-bond donors (Lipinski definition) is 3. The largest absolute Gasteiger partial charge is 0.478 e. The van der Waals surface area contributed by atoms with E-state index in [-0.39, 0.29) is 17.0 Å². The summed E-state index contributed by atoms with van der Waals surface area (Å²) < 4.78 is 1.95. The van der Waals surface area contributed by atoms with Crippen LogP contribution in [0.5, 0.6) is 0 Å². The fourth-order valence-electron chi connectivity index (χ4n) is 4.06. The minimum absolute atomic E-state index is 0.198. The molecule has 0 saturated heterocycles. The third-order valence-electron chi connectivity index (χ3n) is 5.90. The predicted octanol–water partition coefficient (Wildman–Crippen LogP) is 4.20. The van der Waals surface area contributed by atoms with Crippen LogP contribution in [0.15, 0.2) is 72.9 Å². The van der Waals surface area contributed by atoms with E-state index in [0.29, 0.717) is 5.65 Å². The maximum atomic E-state index is 11.4. The molecule has 2 aromatic heterocycles. The Morgan fingerprint density at radius 1 is 1.00 bits per heavy atom. The molecule has 0 spiro atoms. The van der Waals surface area contributed by atoms with Gasteiger partial charge in [-0.25, -0.2) is 9.78 Å². The van der Waals surface area contributed by atoms with Crippen molar-refractivity contribution in [2.75, 3.05) is 0 Å². The van der Waals surface area contributed by atoms with Gasteiger partial charge in [-0.05, 0) is 37.0 Å². The number of aromatic nitrogens is 2. The van der Waals surface area contributed by atoms with E-state index in [2.05, 4.69) is 30.0 Å². The van der Waals surface area contributed by atoms with Crippen LogP contribution in [0.3, 0.4) is 0 Å². The maximum absolute atomic E-state index is 11.4. The highest BCUT2D eigenvalue weighted by Crippen LogP contribution is 2.40. The standard InChI is InChI=1S/C24H21N3O2.C2H5NO/c25-24(12-4-13-24)19-9-7-16(8-10-19)21-22(17-5-2-1-3-6-17)27-14-11-18(23(28)29)15-20(27)26-21;1-2(3)4/h1-3,5-11,14-15H,4,12-13,25H2,(H,28,29);1H3,(H2,3,4). The summed E-state index contributed by atoms with van der Waals surface area (Å²) in [4.78, 5) is 25.4. The van der Waals surface area contributed by atoms with Gasteiger partial charge in [0.2, 0.25) is 5.91 Å². The first kappa shape index (κ1) is 22.2. The molecule has 0 aliphatic heterocycles. The Hall–Kier alpha value is -3.97. The third-order valence-corrected chi connectivity index (χ3v) is 5.90. The normalized spacial score (nSPS) is 14.1. The zero-order chi connectivity index (χ0) is 23.6. The van der Waals surface area contributed by atoms with Crippen LogP contribution in [0, 0.1) is 0 Å². The summed E-state index contributed by atoms with van der Waals surface area (Å²) in [7, 11) is 0. The number of fused-ring (bicyclic) bond motifs is 1. The van der Waals surface area contributed by atoms with Crippen molar-refractivity contribution >= 4 is 17.5 Å². The van der Waals surface area contributed by atoms with Gasteiger partial charge in [0.1, 0.15) is 5.65 Å². The highest BCUT2D eigenvalue weighted by Gasteiger charge is 2.34. The molecule has 1 aliphatic rings. The number of aromatic carboxylic acids is 1. The number of nitrogens with two attached hydrogens (primary N) is 2.